The van der Waals surface area contributed by atoms with E-state index in [4.69, 9.17) is 0 Å². The number of hydrogen-bond acceptors (Lipinski definition) is 2. The Morgan fingerprint density at radius 2 is 1.86 bits per heavy atom. The zero-order chi connectivity index (χ0) is 20.4. The highest BCUT2D eigenvalue weighted by Gasteiger charge is 2.31. The molecule has 1 unspecified atom stereocenters. The minimum absolute atomic E-state index is 0.00143. The van der Waals surface area contributed by atoms with E-state index in [1.54, 1.807) is 0 Å². The molecule has 6 heteroatoms. The average molecular weight is 397 g/mol. The Hall–Kier alpha value is -2.50. The fraction of sp³-hybridized carbons (Fsp3) is 0.565. The lowest BCUT2D eigenvalue weighted by atomic mass is 9.95. The molecule has 3 amide bonds. The quantitative estimate of drug-likeness (QED) is 0.787. The molecule has 2 heterocycles. The number of hydrogen-bond donors (Lipinski definition) is 2. The summed E-state index contributed by atoms with van der Waals surface area (Å²) >= 11 is 0. The van der Waals surface area contributed by atoms with Gasteiger partial charge < -0.3 is 20.1 Å². The SMILES string of the molecule is CCC(Cc1cn(C)c2ccccc12)NC(=O)C1CCN(C(=O)NC2CC2)CC1. The molecule has 1 atom stereocenters. The number of amides is 3. The molecule has 0 bridgehead atoms. The molecule has 1 aliphatic heterocycles. The molecule has 156 valence electrons. The van der Waals surface area contributed by atoms with Crippen molar-refractivity contribution in [1.82, 2.24) is 20.1 Å². The number of nitrogens with one attached hydrogen (secondary N) is 2. The summed E-state index contributed by atoms with van der Waals surface area (Å²) in [7, 11) is 2.07. The van der Waals surface area contributed by atoms with Gasteiger partial charge in [0.05, 0.1) is 0 Å². The minimum Gasteiger partial charge on any atom is -0.353 e. The molecule has 1 aromatic carbocycles. The van der Waals surface area contributed by atoms with Crippen LogP contribution in [0.5, 0.6) is 0 Å². The number of para-hydroxylation sites is 1. The van der Waals surface area contributed by atoms with Crippen LogP contribution in [-0.2, 0) is 18.3 Å². The molecular formula is C23H32N4O2. The summed E-state index contributed by atoms with van der Waals surface area (Å²) in [5.41, 5.74) is 2.50. The second-order valence-corrected chi connectivity index (χ2v) is 8.59. The predicted octanol–water partition coefficient (Wildman–Crippen LogP) is 3.20. The van der Waals surface area contributed by atoms with E-state index in [1.165, 1.54) is 16.5 Å². The molecule has 0 spiro atoms. The van der Waals surface area contributed by atoms with Crippen molar-refractivity contribution < 1.29 is 9.59 Å². The van der Waals surface area contributed by atoms with Crippen LogP contribution < -0.4 is 10.6 Å². The van der Waals surface area contributed by atoms with Crippen LogP contribution in [0.25, 0.3) is 10.9 Å². The summed E-state index contributed by atoms with van der Waals surface area (Å²) in [5.74, 6) is 0.140. The largest absolute Gasteiger partial charge is 0.353 e. The van der Waals surface area contributed by atoms with Crippen molar-refractivity contribution in [3.8, 4) is 0 Å². The van der Waals surface area contributed by atoms with Crippen LogP contribution in [0, 0.1) is 5.92 Å². The number of aromatic nitrogens is 1. The Balaban J connectivity index is 1.31. The van der Waals surface area contributed by atoms with E-state index in [-0.39, 0.29) is 23.9 Å². The smallest absolute Gasteiger partial charge is 0.317 e. The van der Waals surface area contributed by atoms with Gasteiger partial charge in [0.25, 0.3) is 0 Å². The third-order valence-corrected chi connectivity index (χ3v) is 6.34. The molecule has 6 nitrogen and oxygen atoms in total. The first-order chi connectivity index (χ1) is 14.0. The summed E-state index contributed by atoms with van der Waals surface area (Å²) in [6.07, 6.45) is 7.60. The van der Waals surface area contributed by atoms with Crippen molar-refractivity contribution in [3.05, 3.63) is 36.0 Å². The van der Waals surface area contributed by atoms with Crippen LogP contribution in [0.15, 0.2) is 30.5 Å². The highest BCUT2D eigenvalue weighted by molar-refractivity contribution is 5.84. The number of piperidine rings is 1. The Kier molecular flexibility index (Phi) is 5.79. The molecule has 2 N–H and O–H groups in total. The Morgan fingerprint density at radius 3 is 2.55 bits per heavy atom. The number of aryl methyl sites for hydroxylation is 1. The van der Waals surface area contributed by atoms with Gasteiger partial charge in [0, 0.05) is 55.2 Å². The molecule has 2 aliphatic rings. The summed E-state index contributed by atoms with van der Waals surface area (Å²) in [4.78, 5) is 26.9. The van der Waals surface area contributed by atoms with E-state index in [9.17, 15) is 9.59 Å². The topological polar surface area (TPSA) is 66.4 Å². The Morgan fingerprint density at radius 1 is 1.14 bits per heavy atom. The summed E-state index contributed by atoms with van der Waals surface area (Å²) in [5, 5.41) is 7.58. The standard InChI is InChI=1S/C23H32N4O2/c1-3-18(14-17-15-26(2)21-7-5-4-6-20(17)21)24-22(28)16-10-12-27(13-11-16)23(29)25-19-8-9-19/h4-7,15-16,18-19H,3,8-14H2,1-2H3,(H,24,28)(H,25,29). The average Bonchev–Trinajstić information content (AvgIpc) is 3.50. The lowest BCUT2D eigenvalue weighted by Crippen LogP contribution is -2.48. The van der Waals surface area contributed by atoms with Gasteiger partial charge >= 0.3 is 6.03 Å². The fourth-order valence-electron chi connectivity index (χ4n) is 4.31. The van der Waals surface area contributed by atoms with Gasteiger partial charge in [-0.15, -0.1) is 0 Å². The van der Waals surface area contributed by atoms with Gasteiger partial charge in [0.1, 0.15) is 0 Å². The third kappa shape index (κ3) is 4.57. The summed E-state index contributed by atoms with van der Waals surface area (Å²) in [6, 6.07) is 8.95. The van der Waals surface area contributed by atoms with Crippen molar-refractivity contribution in [2.45, 2.75) is 57.5 Å². The van der Waals surface area contributed by atoms with Crippen molar-refractivity contribution >= 4 is 22.8 Å². The van der Waals surface area contributed by atoms with Crippen molar-refractivity contribution in [3.63, 3.8) is 0 Å². The molecular weight excluding hydrogens is 364 g/mol. The fourth-order valence-corrected chi connectivity index (χ4v) is 4.31. The first kappa shape index (κ1) is 19.8. The van der Waals surface area contributed by atoms with E-state index < -0.39 is 0 Å². The van der Waals surface area contributed by atoms with E-state index >= 15 is 0 Å². The Labute approximate surface area is 172 Å². The van der Waals surface area contributed by atoms with Crippen LogP contribution in [-0.4, -0.2) is 46.6 Å². The molecule has 1 aliphatic carbocycles. The second kappa shape index (κ2) is 8.47. The van der Waals surface area contributed by atoms with Gasteiger partial charge in [-0.25, -0.2) is 4.79 Å². The molecule has 1 aromatic heterocycles. The maximum atomic E-state index is 12.9. The lowest BCUT2D eigenvalue weighted by molar-refractivity contribution is -0.127. The molecule has 0 radical (unpaired) electrons. The number of carbonyl (C=O) groups excluding carboxylic acids is 2. The minimum atomic E-state index is 0.00143. The maximum absolute atomic E-state index is 12.9. The number of likely N-dealkylation sites (tertiary alicyclic amines) is 1. The molecule has 29 heavy (non-hydrogen) atoms. The van der Waals surface area contributed by atoms with E-state index in [0.29, 0.717) is 19.1 Å². The first-order valence-corrected chi connectivity index (χ1v) is 10.9. The number of fused-ring (bicyclic) bond motifs is 1. The number of nitrogens with zero attached hydrogens (tertiary/aromatic N) is 2. The normalized spacial score (nSPS) is 18.6. The van der Waals surface area contributed by atoms with Gasteiger partial charge in [0.2, 0.25) is 5.91 Å². The first-order valence-electron chi connectivity index (χ1n) is 10.9. The van der Waals surface area contributed by atoms with Crippen molar-refractivity contribution in [2.24, 2.45) is 13.0 Å². The van der Waals surface area contributed by atoms with Gasteiger partial charge in [-0.2, -0.15) is 0 Å². The Bertz CT molecular complexity index is 878. The molecule has 2 aromatic rings. The van der Waals surface area contributed by atoms with Gasteiger partial charge in [-0.05, 0) is 50.2 Å². The third-order valence-electron chi connectivity index (χ3n) is 6.34. The number of benzene rings is 1. The van der Waals surface area contributed by atoms with Crippen LogP contribution in [0.1, 0.15) is 44.6 Å². The summed E-state index contributed by atoms with van der Waals surface area (Å²) < 4.78 is 2.15. The second-order valence-electron chi connectivity index (χ2n) is 8.59. The molecule has 4 rings (SSSR count). The van der Waals surface area contributed by atoms with Crippen LogP contribution >= 0.6 is 0 Å². The number of rotatable bonds is 6. The van der Waals surface area contributed by atoms with Gasteiger partial charge in [0.15, 0.2) is 0 Å². The van der Waals surface area contributed by atoms with Gasteiger partial charge in [-0.3, -0.25) is 4.79 Å². The lowest BCUT2D eigenvalue weighted by Gasteiger charge is -2.32. The van der Waals surface area contributed by atoms with E-state index in [1.807, 2.05) is 4.90 Å². The monoisotopic (exact) mass is 396 g/mol. The zero-order valence-electron chi connectivity index (χ0n) is 17.5. The zero-order valence-corrected chi connectivity index (χ0v) is 17.5. The van der Waals surface area contributed by atoms with Crippen molar-refractivity contribution in [1.29, 1.82) is 0 Å². The highest BCUT2D eigenvalue weighted by atomic mass is 16.2. The number of carbonyl (C=O) groups is 2. The molecule has 1 saturated heterocycles. The van der Waals surface area contributed by atoms with Crippen molar-refractivity contribution in [2.75, 3.05) is 13.1 Å². The van der Waals surface area contributed by atoms with Crippen LogP contribution in [0.2, 0.25) is 0 Å². The van der Waals surface area contributed by atoms with Gasteiger partial charge in [-0.1, -0.05) is 25.1 Å². The molecule has 2 fully saturated rings. The van der Waals surface area contributed by atoms with E-state index in [2.05, 4.69) is 59.6 Å². The highest BCUT2D eigenvalue weighted by Crippen LogP contribution is 2.24. The predicted molar refractivity (Wildman–Crippen MR) is 115 cm³/mol. The van der Waals surface area contributed by atoms with Crippen LogP contribution in [0.3, 0.4) is 0 Å². The maximum Gasteiger partial charge on any atom is 0.317 e. The summed E-state index contributed by atoms with van der Waals surface area (Å²) in [6.45, 7) is 3.45. The van der Waals surface area contributed by atoms with E-state index in [0.717, 1.165) is 38.5 Å². The van der Waals surface area contributed by atoms with Crippen LogP contribution in [0.4, 0.5) is 4.79 Å². The molecule has 1 saturated carbocycles. The number of urea groups is 1.